The SMILES string of the molecule is COc1cc(Br)c(OCC2CCCN2)cc1Br. The van der Waals surface area contributed by atoms with E-state index >= 15 is 0 Å². The zero-order chi connectivity index (χ0) is 12.3. The summed E-state index contributed by atoms with van der Waals surface area (Å²) in [6, 6.07) is 4.31. The Morgan fingerprint density at radius 3 is 2.65 bits per heavy atom. The first-order valence-corrected chi connectivity index (χ1v) is 7.18. The Morgan fingerprint density at radius 2 is 2.00 bits per heavy atom. The largest absolute Gasteiger partial charge is 0.496 e. The average Bonchev–Trinajstić information content (AvgIpc) is 2.82. The van der Waals surface area contributed by atoms with E-state index in [1.54, 1.807) is 7.11 Å². The molecule has 0 radical (unpaired) electrons. The highest BCUT2D eigenvalue weighted by molar-refractivity contribution is 9.11. The summed E-state index contributed by atoms with van der Waals surface area (Å²) in [6.07, 6.45) is 2.43. The minimum Gasteiger partial charge on any atom is -0.496 e. The molecule has 1 heterocycles. The fourth-order valence-electron chi connectivity index (χ4n) is 1.87. The summed E-state index contributed by atoms with van der Waals surface area (Å²) >= 11 is 6.94. The second-order valence-corrected chi connectivity index (χ2v) is 5.73. The van der Waals surface area contributed by atoms with Crippen molar-refractivity contribution in [1.29, 1.82) is 0 Å². The van der Waals surface area contributed by atoms with E-state index in [9.17, 15) is 0 Å². The molecular formula is C12H15Br2NO2. The van der Waals surface area contributed by atoms with Crippen LogP contribution in [0, 0.1) is 0 Å². The van der Waals surface area contributed by atoms with Gasteiger partial charge in [0.2, 0.25) is 0 Å². The van der Waals surface area contributed by atoms with Gasteiger partial charge in [-0.2, -0.15) is 0 Å². The molecule has 1 aliphatic heterocycles. The number of nitrogens with one attached hydrogen (secondary N) is 1. The number of hydrogen-bond donors (Lipinski definition) is 1. The molecule has 1 aliphatic rings. The number of methoxy groups -OCH3 is 1. The molecule has 0 spiro atoms. The van der Waals surface area contributed by atoms with Gasteiger partial charge in [0.05, 0.1) is 16.1 Å². The van der Waals surface area contributed by atoms with Crippen molar-refractivity contribution in [3.8, 4) is 11.5 Å². The van der Waals surface area contributed by atoms with E-state index in [0.717, 1.165) is 27.0 Å². The summed E-state index contributed by atoms with van der Waals surface area (Å²) < 4.78 is 12.8. The highest BCUT2D eigenvalue weighted by Gasteiger charge is 2.15. The van der Waals surface area contributed by atoms with Crippen molar-refractivity contribution in [2.45, 2.75) is 18.9 Å². The second kappa shape index (κ2) is 6.07. The molecule has 3 nitrogen and oxygen atoms in total. The quantitative estimate of drug-likeness (QED) is 0.888. The van der Waals surface area contributed by atoms with Crippen LogP contribution in [0.1, 0.15) is 12.8 Å². The zero-order valence-corrected chi connectivity index (χ0v) is 12.8. The van der Waals surface area contributed by atoms with E-state index in [1.165, 1.54) is 12.8 Å². The molecule has 1 N–H and O–H groups in total. The van der Waals surface area contributed by atoms with E-state index in [2.05, 4.69) is 37.2 Å². The van der Waals surface area contributed by atoms with Gasteiger partial charge in [-0.25, -0.2) is 0 Å². The van der Waals surface area contributed by atoms with Crippen LogP contribution in [0.2, 0.25) is 0 Å². The molecule has 17 heavy (non-hydrogen) atoms. The topological polar surface area (TPSA) is 30.5 Å². The molecule has 1 saturated heterocycles. The molecule has 0 aromatic heterocycles. The van der Waals surface area contributed by atoms with Gasteiger partial charge in [-0.05, 0) is 63.4 Å². The fraction of sp³-hybridized carbons (Fsp3) is 0.500. The molecule has 1 aromatic carbocycles. The van der Waals surface area contributed by atoms with Gasteiger partial charge in [0.15, 0.2) is 0 Å². The van der Waals surface area contributed by atoms with Crippen LogP contribution in [0.5, 0.6) is 11.5 Å². The second-order valence-electron chi connectivity index (χ2n) is 4.02. The summed E-state index contributed by atoms with van der Waals surface area (Å²) in [5.41, 5.74) is 0. The van der Waals surface area contributed by atoms with E-state index in [-0.39, 0.29) is 0 Å². The van der Waals surface area contributed by atoms with Crippen molar-refractivity contribution in [1.82, 2.24) is 5.32 Å². The first-order chi connectivity index (χ1) is 8.20. The molecule has 0 aliphatic carbocycles. The molecule has 1 unspecified atom stereocenters. The van der Waals surface area contributed by atoms with Crippen molar-refractivity contribution in [2.24, 2.45) is 0 Å². The molecule has 0 saturated carbocycles. The average molecular weight is 365 g/mol. The molecule has 0 amide bonds. The third-order valence-corrected chi connectivity index (χ3v) is 4.05. The van der Waals surface area contributed by atoms with Crippen LogP contribution in [-0.2, 0) is 0 Å². The highest BCUT2D eigenvalue weighted by Crippen LogP contribution is 2.36. The molecule has 1 fully saturated rings. The minimum absolute atomic E-state index is 0.475. The number of hydrogen-bond acceptors (Lipinski definition) is 3. The Kier molecular flexibility index (Phi) is 4.70. The van der Waals surface area contributed by atoms with E-state index in [0.29, 0.717) is 12.6 Å². The van der Waals surface area contributed by atoms with Gasteiger partial charge in [-0.15, -0.1) is 0 Å². The summed E-state index contributed by atoms with van der Waals surface area (Å²) in [5.74, 6) is 1.63. The Bertz CT molecular complexity index is 392. The van der Waals surface area contributed by atoms with Gasteiger partial charge < -0.3 is 14.8 Å². The lowest BCUT2D eigenvalue weighted by Crippen LogP contribution is -2.28. The molecule has 94 valence electrons. The number of rotatable bonds is 4. The first kappa shape index (κ1) is 13.2. The third-order valence-electron chi connectivity index (χ3n) is 2.81. The fourth-order valence-corrected chi connectivity index (χ4v) is 2.79. The van der Waals surface area contributed by atoms with Crippen molar-refractivity contribution in [3.63, 3.8) is 0 Å². The Morgan fingerprint density at radius 1 is 1.29 bits per heavy atom. The van der Waals surface area contributed by atoms with Crippen molar-refractivity contribution in [2.75, 3.05) is 20.3 Å². The monoisotopic (exact) mass is 363 g/mol. The van der Waals surface area contributed by atoms with Crippen LogP contribution in [0.4, 0.5) is 0 Å². The molecule has 1 aromatic rings. The molecular weight excluding hydrogens is 350 g/mol. The standard InChI is InChI=1S/C12H15Br2NO2/c1-16-11-5-10(14)12(6-9(11)13)17-7-8-3-2-4-15-8/h5-6,8,15H,2-4,7H2,1H3. The predicted molar refractivity (Wildman–Crippen MR) is 74.9 cm³/mol. The van der Waals surface area contributed by atoms with Crippen LogP contribution < -0.4 is 14.8 Å². The van der Waals surface area contributed by atoms with Gasteiger partial charge in [0, 0.05) is 6.04 Å². The zero-order valence-electron chi connectivity index (χ0n) is 9.63. The maximum atomic E-state index is 5.81. The first-order valence-electron chi connectivity index (χ1n) is 5.60. The van der Waals surface area contributed by atoms with Gasteiger partial charge in [0.25, 0.3) is 0 Å². The smallest absolute Gasteiger partial charge is 0.134 e. The summed E-state index contributed by atoms with van der Waals surface area (Å²) in [5, 5.41) is 3.41. The van der Waals surface area contributed by atoms with Crippen LogP contribution in [0.15, 0.2) is 21.1 Å². The van der Waals surface area contributed by atoms with Crippen LogP contribution >= 0.6 is 31.9 Å². The molecule has 0 bridgehead atoms. The summed E-state index contributed by atoms with van der Waals surface area (Å²) in [4.78, 5) is 0. The van der Waals surface area contributed by atoms with E-state index in [4.69, 9.17) is 9.47 Å². The van der Waals surface area contributed by atoms with Gasteiger partial charge in [-0.1, -0.05) is 0 Å². The predicted octanol–water partition coefficient (Wildman–Crippen LogP) is 3.35. The summed E-state index contributed by atoms with van der Waals surface area (Å²) in [7, 11) is 1.65. The molecule has 2 rings (SSSR count). The van der Waals surface area contributed by atoms with Crippen LogP contribution in [0.3, 0.4) is 0 Å². The Labute approximate surface area is 118 Å². The maximum Gasteiger partial charge on any atom is 0.134 e. The van der Waals surface area contributed by atoms with Crippen LogP contribution in [0.25, 0.3) is 0 Å². The molecule has 5 heteroatoms. The van der Waals surface area contributed by atoms with E-state index in [1.807, 2.05) is 12.1 Å². The third kappa shape index (κ3) is 3.36. The minimum atomic E-state index is 0.475. The number of halogens is 2. The highest BCUT2D eigenvalue weighted by atomic mass is 79.9. The van der Waals surface area contributed by atoms with Gasteiger partial charge in [-0.3, -0.25) is 0 Å². The number of ether oxygens (including phenoxy) is 2. The summed E-state index contributed by atoms with van der Waals surface area (Å²) in [6.45, 7) is 1.80. The maximum absolute atomic E-state index is 5.81. The lowest BCUT2D eigenvalue weighted by Gasteiger charge is -2.14. The number of benzene rings is 1. The van der Waals surface area contributed by atoms with Crippen molar-refractivity contribution >= 4 is 31.9 Å². The van der Waals surface area contributed by atoms with Crippen molar-refractivity contribution in [3.05, 3.63) is 21.1 Å². The Balaban J connectivity index is 2.02. The van der Waals surface area contributed by atoms with Crippen LogP contribution in [-0.4, -0.2) is 26.3 Å². The van der Waals surface area contributed by atoms with Gasteiger partial charge in [0.1, 0.15) is 18.1 Å². The van der Waals surface area contributed by atoms with Gasteiger partial charge >= 0.3 is 0 Å². The Hall–Kier alpha value is -0.260. The molecule has 1 atom stereocenters. The lowest BCUT2D eigenvalue weighted by atomic mass is 10.2. The lowest BCUT2D eigenvalue weighted by molar-refractivity contribution is 0.275. The normalized spacial score (nSPS) is 19.4. The van der Waals surface area contributed by atoms with E-state index < -0.39 is 0 Å². The van der Waals surface area contributed by atoms with Crippen molar-refractivity contribution < 1.29 is 9.47 Å².